The molecule has 60 heavy (non-hydrogen) atoms. The molecule has 8 aromatic carbocycles. The van der Waals surface area contributed by atoms with Crippen molar-refractivity contribution in [3.63, 3.8) is 0 Å². The second kappa shape index (κ2) is 14.2. The van der Waals surface area contributed by atoms with E-state index in [9.17, 15) is 0 Å². The van der Waals surface area contributed by atoms with E-state index >= 15 is 0 Å². The largest absolute Gasteiger partial charge is 0.456 e. The van der Waals surface area contributed by atoms with Gasteiger partial charge in [-0.25, -0.2) is 0 Å². The molecule has 1 heterocycles. The fourth-order valence-electron chi connectivity index (χ4n) is 10.2. The first-order valence-electron chi connectivity index (χ1n) is 20.8. The molecular formula is C57H42INO. The lowest BCUT2D eigenvalue weighted by atomic mass is 9.65. The Kier molecular flexibility index (Phi) is 8.68. The average Bonchev–Trinajstić information content (AvgIpc) is 3.71. The van der Waals surface area contributed by atoms with E-state index in [4.69, 9.17) is 9.73 Å². The van der Waals surface area contributed by atoms with Gasteiger partial charge in [0.05, 0.1) is 15.0 Å². The van der Waals surface area contributed by atoms with Crippen LogP contribution in [0.25, 0.3) is 39.1 Å². The second-order valence-electron chi connectivity index (χ2n) is 16.7. The molecule has 0 bridgehead atoms. The molecular weight excluding hydrogens is 842 g/mol. The van der Waals surface area contributed by atoms with Crippen LogP contribution in [0.5, 0.6) is 11.5 Å². The molecule has 3 aliphatic rings. The van der Waals surface area contributed by atoms with Crippen LogP contribution in [0.2, 0.25) is 0 Å². The molecule has 0 radical (unpaired) electrons. The zero-order valence-electron chi connectivity index (χ0n) is 33.8. The van der Waals surface area contributed by atoms with Crippen molar-refractivity contribution in [3.05, 3.63) is 244 Å². The van der Waals surface area contributed by atoms with E-state index in [0.717, 1.165) is 50.7 Å². The molecule has 0 aromatic heterocycles. The van der Waals surface area contributed by atoms with Gasteiger partial charge in [-0.05, 0) is 85.8 Å². The quantitative estimate of drug-likeness (QED) is 0.0926. The SMILES string of the molecule is C/C(=N\C(=C/C(I)c1ccc2c(c1)C(C)(C)c1ccccc1-2)c1ccc(-c2cccc3c2Oc2ccccc2C32c3ccccc3-c3ccccc32)cc1)c1ccccc1. The number of rotatable bonds is 6. The zero-order chi connectivity index (χ0) is 40.6. The summed E-state index contributed by atoms with van der Waals surface area (Å²) >= 11 is 2.58. The van der Waals surface area contributed by atoms with Crippen molar-refractivity contribution in [2.75, 3.05) is 0 Å². The minimum Gasteiger partial charge on any atom is -0.456 e. The minimum absolute atomic E-state index is 0.0602. The average molecular weight is 884 g/mol. The van der Waals surface area contributed by atoms with Gasteiger partial charge >= 0.3 is 0 Å². The lowest BCUT2D eigenvalue weighted by molar-refractivity contribution is 0.438. The number of hydrogen-bond donors (Lipinski definition) is 0. The molecule has 11 rings (SSSR count). The highest BCUT2D eigenvalue weighted by Gasteiger charge is 2.51. The Bertz CT molecular complexity index is 3020. The highest BCUT2D eigenvalue weighted by atomic mass is 127. The van der Waals surface area contributed by atoms with Crippen molar-refractivity contribution >= 4 is 34.0 Å². The molecule has 0 saturated heterocycles. The van der Waals surface area contributed by atoms with E-state index in [2.05, 4.69) is 237 Å². The Balaban J connectivity index is 1.02. The topological polar surface area (TPSA) is 21.6 Å². The monoisotopic (exact) mass is 883 g/mol. The number of para-hydroxylation sites is 2. The number of benzene rings is 8. The molecule has 0 amide bonds. The summed E-state index contributed by atoms with van der Waals surface area (Å²) in [5, 5.41) is 0. The van der Waals surface area contributed by atoms with Crippen LogP contribution in [0.15, 0.2) is 199 Å². The van der Waals surface area contributed by atoms with Crippen LogP contribution in [0.3, 0.4) is 0 Å². The van der Waals surface area contributed by atoms with E-state index in [-0.39, 0.29) is 9.34 Å². The number of nitrogens with zero attached hydrogens (tertiary/aromatic N) is 1. The molecule has 1 atom stereocenters. The first kappa shape index (κ1) is 36.8. The van der Waals surface area contributed by atoms with Gasteiger partial charge in [-0.2, -0.15) is 0 Å². The van der Waals surface area contributed by atoms with Gasteiger partial charge in [-0.3, -0.25) is 4.99 Å². The van der Waals surface area contributed by atoms with Gasteiger partial charge in [0, 0.05) is 27.8 Å². The minimum atomic E-state index is -0.502. The molecule has 0 N–H and O–H groups in total. The third-order valence-electron chi connectivity index (χ3n) is 13.1. The number of alkyl halides is 1. The van der Waals surface area contributed by atoms with Crippen molar-refractivity contribution in [1.29, 1.82) is 0 Å². The van der Waals surface area contributed by atoms with Gasteiger partial charge < -0.3 is 4.74 Å². The van der Waals surface area contributed by atoms with Crippen LogP contribution in [0, 0.1) is 0 Å². The first-order chi connectivity index (χ1) is 29.3. The Morgan fingerprint density at radius 2 is 1.07 bits per heavy atom. The Hall–Kier alpha value is -6.30. The molecule has 0 fully saturated rings. The summed E-state index contributed by atoms with van der Waals surface area (Å²) in [5.74, 6) is 1.79. The van der Waals surface area contributed by atoms with Crippen molar-refractivity contribution in [3.8, 4) is 44.9 Å². The normalized spacial score (nSPS) is 15.5. The van der Waals surface area contributed by atoms with E-state index in [1.807, 2.05) is 0 Å². The maximum absolute atomic E-state index is 6.99. The summed E-state index contributed by atoms with van der Waals surface area (Å²) in [6, 6.07) is 68.3. The zero-order valence-corrected chi connectivity index (χ0v) is 35.9. The lowest BCUT2D eigenvalue weighted by Gasteiger charge is -2.40. The van der Waals surface area contributed by atoms with E-state index in [1.54, 1.807) is 0 Å². The summed E-state index contributed by atoms with van der Waals surface area (Å²) < 4.78 is 7.09. The molecule has 2 nitrogen and oxygen atoms in total. The van der Waals surface area contributed by atoms with E-state index < -0.39 is 5.41 Å². The summed E-state index contributed by atoms with van der Waals surface area (Å²) in [4.78, 5) is 5.35. The molecule has 2 aliphatic carbocycles. The van der Waals surface area contributed by atoms with Gasteiger partial charge in [0.1, 0.15) is 11.5 Å². The second-order valence-corrected chi connectivity index (χ2v) is 18.0. The highest BCUT2D eigenvalue weighted by Crippen LogP contribution is 2.63. The Labute approximate surface area is 366 Å². The predicted octanol–water partition coefficient (Wildman–Crippen LogP) is 15.2. The Morgan fingerprint density at radius 1 is 0.517 bits per heavy atom. The van der Waals surface area contributed by atoms with Gasteiger partial charge in [0.15, 0.2) is 0 Å². The number of halogens is 1. The number of fused-ring (bicyclic) bond motifs is 12. The van der Waals surface area contributed by atoms with Crippen LogP contribution in [0.1, 0.15) is 74.8 Å². The third kappa shape index (κ3) is 5.55. The van der Waals surface area contributed by atoms with Crippen LogP contribution < -0.4 is 4.74 Å². The van der Waals surface area contributed by atoms with Gasteiger partial charge in [0.2, 0.25) is 0 Å². The van der Waals surface area contributed by atoms with E-state index in [0.29, 0.717) is 0 Å². The maximum Gasteiger partial charge on any atom is 0.140 e. The number of aliphatic imine (C=N–C) groups is 1. The fraction of sp³-hybridized carbons (Fsp3) is 0.105. The molecule has 8 aromatic rings. The molecule has 1 spiro atoms. The molecule has 3 heteroatoms. The summed E-state index contributed by atoms with van der Waals surface area (Å²) in [6.07, 6.45) is 2.32. The number of hydrogen-bond acceptors (Lipinski definition) is 2. The van der Waals surface area contributed by atoms with Crippen molar-refractivity contribution in [2.45, 2.75) is 35.5 Å². The lowest BCUT2D eigenvalue weighted by Crippen LogP contribution is -2.32. The summed E-state index contributed by atoms with van der Waals surface area (Å²) in [7, 11) is 0. The maximum atomic E-state index is 6.99. The van der Waals surface area contributed by atoms with Gasteiger partial charge in [-0.15, -0.1) is 0 Å². The standard InChI is InChI=1S/C57H42INO/c1-36(37-16-5-4-6-17-37)59-53(35-52(58)40-32-33-45-42-18-7-10-22-46(42)56(2,3)51(45)34-40)39-30-28-38(29-31-39)41-21-15-26-50-55(41)60-54-27-14-13-25-49(54)57(50)47-23-11-8-19-43(47)44-20-9-12-24-48(44)57/h4-35,52H,1-3H3/b53-35-,59-36+. The van der Waals surface area contributed by atoms with Crippen molar-refractivity contribution in [1.82, 2.24) is 0 Å². The predicted molar refractivity (Wildman–Crippen MR) is 257 cm³/mol. The molecule has 1 unspecified atom stereocenters. The fourth-order valence-corrected chi connectivity index (χ4v) is 10.9. The van der Waals surface area contributed by atoms with Crippen LogP contribution in [0.4, 0.5) is 0 Å². The van der Waals surface area contributed by atoms with E-state index in [1.165, 1.54) is 55.6 Å². The first-order valence-corrected chi connectivity index (χ1v) is 22.0. The van der Waals surface area contributed by atoms with Crippen molar-refractivity contribution < 1.29 is 4.74 Å². The van der Waals surface area contributed by atoms with Crippen molar-refractivity contribution in [2.24, 2.45) is 4.99 Å². The molecule has 0 saturated carbocycles. The highest BCUT2D eigenvalue weighted by molar-refractivity contribution is 14.1. The molecule has 288 valence electrons. The van der Waals surface area contributed by atoms with Gasteiger partial charge in [0.25, 0.3) is 0 Å². The smallest absolute Gasteiger partial charge is 0.140 e. The summed E-state index contributed by atoms with van der Waals surface area (Å²) in [5.41, 5.74) is 19.9. The number of ether oxygens (including phenoxy) is 1. The van der Waals surface area contributed by atoms with Crippen LogP contribution in [-0.2, 0) is 10.8 Å². The van der Waals surface area contributed by atoms with Crippen LogP contribution >= 0.6 is 22.6 Å². The van der Waals surface area contributed by atoms with Gasteiger partial charge in [-0.1, -0.05) is 218 Å². The summed E-state index contributed by atoms with van der Waals surface area (Å²) in [6.45, 7) is 6.80. The number of allylic oxidation sites excluding steroid dienone is 1. The molecule has 1 aliphatic heterocycles. The third-order valence-corrected chi connectivity index (χ3v) is 14.2. The van der Waals surface area contributed by atoms with Crippen LogP contribution in [-0.4, -0.2) is 5.71 Å². The Morgan fingerprint density at radius 3 is 1.77 bits per heavy atom.